The van der Waals surface area contributed by atoms with Gasteiger partial charge in [-0.05, 0) is 0 Å². The minimum atomic E-state index is -2.10. The fourth-order valence-electron chi connectivity index (χ4n) is 2.60. The molecule has 0 spiro atoms. The van der Waals surface area contributed by atoms with E-state index < -0.39 is 13.3 Å². The quantitative estimate of drug-likeness (QED) is 0.739. The van der Waals surface area contributed by atoms with E-state index in [-0.39, 0.29) is 0 Å². The molecule has 0 bridgehead atoms. The zero-order valence-corrected chi connectivity index (χ0v) is 13.5. The van der Waals surface area contributed by atoms with Crippen molar-refractivity contribution in [2.24, 2.45) is 0 Å². The van der Waals surface area contributed by atoms with Gasteiger partial charge in [0.1, 0.15) is 0 Å². The topological polar surface area (TPSA) is 0 Å². The molecule has 0 unspecified atom stereocenters. The molecule has 94 valence electrons. The van der Waals surface area contributed by atoms with E-state index in [9.17, 15) is 0 Å². The van der Waals surface area contributed by atoms with Crippen LogP contribution >= 0.6 is 0 Å². The Labute approximate surface area is 113 Å². The van der Waals surface area contributed by atoms with E-state index in [4.69, 9.17) is 0 Å². The molecular weight excluding hydrogens is 277 g/mol. The second-order valence-electron chi connectivity index (χ2n) is 5.17. The van der Waals surface area contributed by atoms with Crippen molar-refractivity contribution >= 4 is 22.1 Å². The van der Waals surface area contributed by atoms with Crippen LogP contribution in [-0.4, -0.2) is 13.3 Å². The van der Waals surface area contributed by atoms with Crippen molar-refractivity contribution in [2.75, 3.05) is 0 Å². The fraction of sp³-hybridized carbons (Fsp3) is 0.294. The number of hydrogen-bond donors (Lipinski definition) is 0. The van der Waals surface area contributed by atoms with E-state index in [0.717, 1.165) is 0 Å². The van der Waals surface area contributed by atoms with E-state index in [1.165, 1.54) is 18.1 Å². The van der Waals surface area contributed by atoms with Crippen molar-refractivity contribution in [3.63, 3.8) is 0 Å². The molecule has 0 radical (unpaired) electrons. The molecule has 2 rings (SSSR count). The molecule has 0 aliphatic heterocycles. The molecule has 0 atom stereocenters. The number of hydrogen-bond acceptors (Lipinski definition) is 0. The van der Waals surface area contributed by atoms with Crippen molar-refractivity contribution in [3.05, 3.63) is 60.7 Å². The van der Waals surface area contributed by atoms with Gasteiger partial charge in [0, 0.05) is 0 Å². The number of unbranched alkanes of at least 4 members (excludes halogenated alkanes) is 1. The minimum absolute atomic E-state index is 1.29. The van der Waals surface area contributed by atoms with Gasteiger partial charge in [-0.25, -0.2) is 0 Å². The van der Waals surface area contributed by atoms with Crippen LogP contribution in [0.4, 0.5) is 0 Å². The van der Waals surface area contributed by atoms with Crippen molar-refractivity contribution < 1.29 is 0 Å². The van der Waals surface area contributed by atoms with E-state index in [0.29, 0.717) is 0 Å². The molecule has 0 heterocycles. The summed E-state index contributed by atoms with van der Waals surface area (Å²) in [5.74, 6) is 2.56. The van der Waals surface area contributed by atoms with Gasteiger partial charge < -0.3 is 0 Å². The van der Waals surface area contributed by atoms with E-state index in [1.807, 2.05) is 0 Å². The molecule has 0 amide bonds. The zero-order chi connectivity index (χ0) is 12.8. The van der Waals surface area contributed by atoms with Crippen molar-refractivity contribution in [2.45, 2.75) is 30.8 Å². The molecule has 0 nitrogen and oxygen atoms in total. The predicted octanol–water partition coefficient (Wildman–Crippen LogP) is 3.68. The van der Waals surface area contributed by atoms with Gasteiger partial charge in [0.2, 0.25) is 0 Å². The fourth-order valence-corrected chi connectivity index (χ4v) is 10.6. The summed E-state index contributed by atoms with van der Waals surface area (Å²) in [4.78, 5) is 0. The van der Waals surface area contributed by atoms with Gasteiger partial charge in [0.05, 0.1) is 0 Å². The van der Waals surface area contributed by atoms with Crippen LogP contribution in [0.15, 0.2) is 60.7 Å². The molecule has 0 saturated carbocycles. The Balaban J connectivity index is 2.41. The Morgan fingerprint density at radius 2 is 1.22 bits per heavy atom. The van der Waals surface area contributed by atoms with Gasteiger partial charge in [-0.3, -0.25) is 0 Å². The Hall–Kier alpha value is -1.02. The first kappa shape index (κ1) is 13.4. The van der Waals surface area contributed by atoms with Gasteiger partial charge in [0.25, 0.3) is 0 Å². The zero-order valence-electron chi connectivity index (χ0n) is 11.4. The van der Waals surface area contributed by atoms with Crippen LogP contribution in [0.3, 0.4) is 0 Å². The summed E-state index contributed by atoms with van der Waals surface area (Å²) in [5, 5.41) is 1.39. The maximum absolute atomic E-state index is 2.56. The Morgan fingerprint density at radius 1 is 0.778 bits per heavy atom. The average molecular weight is 299 g/mol. The van der Waals surface area contributed by atoms with Crippen LogP contribution in [0.2, 0.25) is 11.0 Å². The predicted molar refractivity (Wildman–Crippen MR) is 83.5 cm³/mol. The van der Waals surface area contributed by atoms with Crippen LogP contribution in [0, 0.1) is 0 Å². The summed E-state index contributed by atoms with van der Waals surface area (Å²) < 4.78 is 3.22. The second-order valence-corrected chi connectivity index (χ2v) is 14.2. The van der Waals surface area contributed by atoms with Gasteiger partial charge in [-0.2, -0.15) is 0 Å². The summed E-state index contributed by atoms with van der Waals surface area (Å²) in [6.45, 7) is 2.29. The summed E-state index contributed by atoms with van der Waals surface area (Å²) in [6.07, 6.45) is 2.64. The average Bonchev–Trinajstić information content (AvgIpc) is 2.46. The van der Waals surface area contributed by atoms with E-state index in [1.54, 1.807) is 8.79 Å². The number of rotatable bonds is 5. The SMILES string of the molecule is CCC[CH2][Ge]([CH3])([c]1ccccc1)[c]1ccccc1. The van der Waals surface area contributed by atoms with E-state index in [2.05, 4.69) is 73.3 Å². The first-order valence-electron chi connectivity index (χ1n) is 6.88. The molecule has 2 aromatic carbocycles. The molecule has 1 heteroatoms. The van der Waals surface area contributed by atoms with Crippen LogP contribution in [-0.2, 0) is 0 Å². The Kier molecular flexibility index (Phi) is 4.65. The first-order valence-corrected chi connectivity index (χ1v) is 12.6. The second kappa shape index (κ2) is 6.24. The molecule has 0 aliphatic carbocycles. The summed E-state index contributed by atoms with van der Waals surface area (Å²) in [7, 11) is 0. The summed E-state index contributed by atoms with van der Waals surface area (Å²) in [6, 6.07) is 22.3. The Morgan fingerprint density at radius 3 is 1.61 bits per heavy atom. The molecule has 2 aromatic rings. The molecule has 0 N–H and O–H groups in total. The monoisotopic (exact) mass is 300 g/mol. The third kappa shape index (κ3) is 2.86. The van der Waals surface area contributed by atoms with Gasteiger partial charge in [0.15, 0.2) is 0 Å². The van der Waals surface area contributed by atoms with Crippen LogP contribution in [0.1, 0.15) is 19.8 Å². The third-order valence-corrected chi connectivity index (χ3v) is 13.4. The summed E-state index contributed by atoms with van der Waals surface area (Å²) in [5.41, 5.74) is 0. The van der Waals surface area contributed by atoms with Gasteiger partial charge in [-0.15, -0.1) is 0 Å². The van der Waals surface area contributed by atoms with Crippen LogP contribution in [0.25, 0.3) is 0 Å². The van der Waals surface area contributed by atoms with E-state index >= 15 is 0 Å². The molecule has 0 aromatic heterocycles. The maximum atomic E-state index is 2.56. The van der Waals surface area contributed by atoms with Crippen LogP contribution < -0.4 is 8.79 Å². The van der Waals surface area contributed by atoms with Crippen molar-refractivity contribution in [3.8, 4) is 0 Å². The van der Waals surface area contributed by atoms with Crippen molar-refractivity contribution in [1.29, 1.82) is 0 Å². The third-order valence-electron chi connectivity index (χ3n) is 3.85. The van der Waals surface area contributed by atoms with Crippen LogP contribution in [0.5, 0.6) is 0 Å². The normalized spacial score (nSPS) is 11.4. The van der Waals surface area contributed by atoms with Crippen molar-refractivity contribution in [1.82, 2.24) is 0 Å². The van der Waals surface area contributed by atoms with Gasteiger partial charge >= 0.3 is 113 Å². The Bertz CT molecular complexity index is 422. The van der Waals surface area contributed by atoms with Gasteiger partial charge in [-0.1, -0.05) is 0 Å². The standard InChI is InChI=1S/C17H22Ge/c1-3-4-15-18(2,16-11-7-5-8-12-16)17-13-9-6-10-14-17/h5-14H,3-4,15H2,1-2H3. The summed E-state index contributed by atoms with van der Waals surface area (Å²) >= 11 is -2.10. The molecular formula is C17H22Ge. The molecule has 0 saturated heterocycles. The molecule has 18 heavy (non-hydrogen) atoms. The number of benzene rings is 2. The molecule has 0 fully saturated rings. The molecule has 0 aliphatic rings. The first-order chi connectivity index (χ1) is 8.77.